The first-order valence-corrected chi connectivity index (χ1v) is 7.06. The standard InChI is InChI=1S/C14H13BrClFN2O/c15-9-1-6-13(17)12(7-9)14(19-18)8-20-11-4-2-10(16)3-5-11/h1-7,14,19H,8,18H2. The van der Waals surface area contributed by atoms with Gasteiger partial charge < -0.3 is 4.74 Å². The molecule has 3 nitrogen and oxygen atoms in total. The molecule has 3 N–H and O–H groups in total. The molecular formula is C14H13BrClFN2O. The van der Waals surface area contributed by atoms with Crippen molar-refractivity contribution >= 4 is 27.5 Å². The minimum atomic E-state index is -0.455. The first-order chi connectivity index (χ1) is 9.60. The van der Waals surface area contributed by atoms with Crippen LogP contribution in [-0.2, 0) is 0 Å². The van der Waals surface area contributed by atoms with Crippen LogP contribution >= 0.6 is 27.5 Å². The second-order valence-electron chi connectivity index (χ2n) is 4.15. The number of nitrogens with one attached hydrogen (secondary N) is 1. The van der Waals surface area contributed by atoms with E-state index in [-0.39, 0.29) is 12.4 Å². The quantitative estimate of drug-likeness (QED) is 0.630. The van der Waals surface area contributed by atoms with E-state index in [9.17, 15) is 4.39 Å². The fraction of sp³-hybridized carbons (Fsp3) is 0.143. The summed E-state index contributed by atoms with van der Waals surface area (Å²) in [5, 5.41) is 0.629. The molecule has 106 valence electrons. The largest absolute Gasteiger partial charge is 0.492 e. The Morgan fingerprint density at radius 2 is 1.95 bits per heavy atom. The third-order valence-electron chi connectivity index (χ3n) is 2.76. The van der Waals surface area contributed by atoms with Gasteiger partial charge in [0.2, 0.25) is 0 Å². The van der Waals surface area contributed by atoms with Crippen molar-refractivity contribution in [3.05, 3.63) is 63.3 Å². The Morgan fingerprint density at radius 3 is 2.60 bits per heavy atom. The van der Waals surface area contributed by atoms with Crippen LogP contribution in [0.4, 0.5) is 4.39 Å². The number of rotatable bonds is 5. The maximum Gasteiger partial charge on any atom is 0.128 e. The number of nitrogens with two attached hydrogens (primary N) is 1. The van der Waals surface area contributed by atoms with Crippen LogP contribution in [0, 0.1) is 5.82 Å². The van der Waals surface area contributed by atoms with E-state index >= 15 is 0 Å². The molecule has 0 saturated carbocycles. The van der Waals surface area contributed by atoms with Gasteiger partial charge in [-0.1, -0.05) is 27.5 Å². The molecule has 0 aliphatic carbocycles. The van der Waals surface area contributed by atoms with Crippen LogP contribution < -0.4 is 16.0 Å². The molecule has 6 heteroatoms. The van der Waals surface area contributed by atoms with Crippen molar-refractivity contribution in [1.82, 2.24) is 5.43 Å². The lowest BCUT2D eigenvalue weighted by atomic mass is 10.1. The fourth-order valence-corrected chi connectivity index (χ4v) is 2.22. The van der Waals surface area contributed by atoms with Gasteiger partial charge in [0.15, 0.2) is 0 Å². The van der Waals surface area contributed by atoms with Gasteiger partial charge in [0, 0.05) is 15.1 Å². The summed E-state index contributed by atoms with van der Waals surface area (Å²) in [6.45, 7) is 0.200. The summed E-state index contributed by atoms with van der Waals surface area (Å²) in [4.78, 5) is 0. The van der Waals surface area contributed by atoms with Crippen molar-refractivity contribution in [3.63, 3.8) is 0 Å². The van der Waals surface area contributed by atoms with E-state index in [2.05, 4.69) is 21.4 Å². The lowest BCUT2D eigenvalue weighted by molar-refractivity contribution is 0.264. The summed E-state index contributed by atoms with van der Waals surface area (Å²) >= 11 is 9.10. The molecule has 0 radical (unpaired) electrons. The van der Waals surface area contributed by atoms with E-state index < -0.39 is 6.04 Å². The molecule has 0 amide bonds. The van der Waals surface area contributed by atoms with E-state index in [1.54, 1.807) is 36.4 Å². The van der Waals surface area contributed by atoms with E-state index in [4.69, 9.17) is 22.2 Å². The van der Waals surface area contributed by atoms with Gasteiger partial charge in [0.1, 0.15) is 18.2 Å². The van der Waals surface area contributed by atoms with Crippen molar-refractivity contribution in [2.24, 2.45) is 5.84 Å². The second-order valence-corrected chi connectivity index (χ2v) is 5.50. The Balaban J connectivity index is 2.09. The summed E-state index contributed by atoms with van der Waals surface area (Å²) in [6, 6.07) is 11.2. The highest BCUT2D eigenvalue weighted by Crippen LogP contribution is 2.23. The molecule has 0 fully saturated rings. The summed E-state index contributed by atoms with van der Waals surface area (Å²) < 4.78 is 20.2. The lowest BCUT2D eigenvalue weighted by Crippen LogP contribution is -2.33. The van der Waals surface area contributed by atoms with Crippen molar-refractivity contribution < 1.29 is 9.13 Å². The summed E-state index contributed by atoms with van der Waals surface area (Å²) in [6.07, 6.45) is 0. The van der Waals surface area contributed by atoms with Gasteiger partial charge in [0.05, 0.1) is 6.04 Å². The molecule has 1 unspecified atom stereocenters. The molecule has 1 atom stereocenters. The first-order valence-electron chi connectivity index (χ1n) is 5.89. The Hall–Kier alpha value is -1.14. The SMILES string of the molecule is NNC(COc1ccc(Cl)cc1)c1cc(Br)ccc1F. The third kappa shape index (κ3) is 3.93. The summed E-state index contributed by atoms with van der Waals surface area (Å²) in [5.41, 5.74) is 3.00. The van der Waals surface area contributed by atoms with Crippen LogP contribution in [0.15, 0.2) is 46.9 Å². The monoisotopic (exact) mass is 358 g/mol. The number of halogens is 3. The average molecular weight is 360 g/mol. The predicted molar refractivity (Wildman–Crippen MR) is 81.1 cm³/mol. The topological polar surface area (TPSA) is 47.3 Å². The molecule has 2 aromatic carbocycles. The van der Waals surface area contributed by atoms with Crippen LogP contribution in [0.3, 0.4) is 0 Å². The highest BCUT2D eigenvalue weighted by atomic mass is 79.9. The average Bonchev–Trinajstić information content (AvgIpc) is 2.45. The Labute approximate surface area is 130 Å². The van der Waals surface area contributed by atoms with E-state index in [0.29, 0.717) is 16.3 Å². The van der Waals surface area contributed by atoms with Crippen LogP contribution in [0.5, 0.6) is 5.75 Å². The molecule has 0 saturated heterocycles. The van der Waals surface area contributed by atoms with Crippen LogP contribution in [0.25, 0.3) is 0 Å². The molecule has 0 spiro atoms. The number of ether oxygens (including phenoxy) is 1. The van der Waals surface area contributed by atoms with E-state index in [1.165, 1.54) is 6.07 Å². The highest BCUT2D eigenvalue weighted by Gasteiger charge is 2.15. The van der Waals surface area contributed by atoms with E-state index in [1.807, 2.05) is 0 Å². The molecule has 0 aromatic heterocycles. The number of hydrogen-bond acceptors (Lipinski definition) is 3. The van der Waals surface area contributed by atoms with E-state index in [0.717, 1.165) is 4.47 Å². The smallest absolute Gasteiger partial charge is 0.128 e. The predicted octanol–water partition coefficient (Wildman–Crippen LogP) is 3.83. The molecule has 2 aromatic rings. The molecular weight excluding hydrogens is 347 g/mol. The lowest BCUT2D eigenvalue weighted by Gasteiger charge is -2.18. The maximum atomic E-state index is 13.8. The Kier molecular flexibility index (Phi) is 5.37. The van der Waals surface area contributed by atoms with Gasteiger partial charge in [-0.05, 0) is 42.5 Å². The number of hydrogen-bond donors (Lipinski definition) is 2. The number of hydrazine groups is 1. The van der Waals surface area contributed by atoms with Gasteiger partial charge in [-0.2, -0.15) is 0 Å². The molecule has 2 rings (SSSR count). The molecule has 0 aliphatic rings. The van der Waals surface area contributed by atoms with Gasteiger partial charge in [0.25, 0.3) is 0 Å². The summed E-state index contributed by atoms with van der Waals surface area (Å²) in [7, 11) is 0. The first kappa shape index (κ1) is 15.3. The van der Waals surface area contributed by atoms with Crippen LogP contribution in [0.2, 0.25) is 5.02 Å². The van der Waals surface area contributed by atoms with Gasteiger partial charge in [-0.3, -0.25) is 5.84 Å². The number of benzene rings is 2. The zero-order chi connectivity index (χ0) is 14.5. The minimum absolute atomic E-state index is 0.200. The molecule has 20 heavy (non-hydrogen) atoms. The normalized spacial score (nSPS) is 12.2. The molecule has 0 aliphatic heterocycles. The van der Waals surface area contributed by atoms with Gasteiger partial charge in [-0.25, -0.2) is 9.82 Å². The van der Waals surface area contributed by atoms with Gasteiger partial charge in [-0.15, -0.1) is 0 Å². The van der Waals surface area contributed by atoms with Crippen LogP contribution in [-0.4, -0.2) is 6.61 Å². The van der Waals surface area contributed by atoms with Crippen molar-refractivity contribution in [2.45, 2.75) is 6.04 Å². The zero-order valence-electron chi connectivity index (χ0n) is 10.4. The third-order valence-corrected chi connectivity index (χ3v) is 3.51. The second kappa shape index (κ2) is 7.04. The maximum absolute atomic E-state index is 13.8. The molecule has 0 heterocycles. The summed E-state index contributed by atoms with van der Waals surface area (Å²) in [5.74, 6) is 5.79. The highest BCUT2D eigenvalue weighted by molar-refractivity contribution is 9.10. The Morgan fingerprint density at radius 1 is 1.25 bits per heavy atom. The zero-order valence-corrected chi connectivity index (χ0v) is 12.8. The Bertz CT molecular complexity index is 580. The van der Waals surface area contributed by atoms with Crippen molar-refractivity contribution in [1.29, 1.82) is 0 Å². The van der Waals surface area contributed by atoms with Crippen molar-refractivity contribution in [2.75, 3.05) is 6.61 Å². The van der Waals surface area contributed by atoms with Crippen molar-refractivity contribution in [3.8, 4) is 5.75 Å². The van der Waals surface area contributed by atoms with Crippen LogP contribution in [0.1, 0.15) is 11.6 Å². The molecule has 0 bridgehead atoms. The fourth-order valence-electron chi connectivity index (χ4n) is 1.72. The van der Waals surface area contributed by atoms with Gasteiger partial charge >= 0.3 is 0 Å². The minimum Gasteiger partial charge on any atom is -0.492 e.